The Morgan fingerprint density at radius 2 is 0.763 bits per heavy atom. The van der Waals surface area contributed by atoms with E-state index in [1.165, 1.54) is 270 Å². The lowest BCUT2D eigenvalue weighted by molar-refractivity contribution is -0.131. The average molecular weight is 831 g/mol. The highest BCUT2D eigenvalue weighted by Gasteiger charge is 2.28. The van der Waals surface area contributed by atoms with E-state index in [4.69, 9.17) is 0 Å². The number of hydrogen-bond donors (Lipinski definition) is 0. The Morgan fingerprint density at radius 1 is 0.424 bits per heavy atom. The molecule has 352 valence electrons. The SMILES string of the molecule is CCCCCCCCCC(CCCCCCCCC)CCN(CCCCCCCCC)CC(=O)N1CCC(CN(CCCCCCCCC)CCCCCCCCC)C1. The van der Waals surface area contributed by atoms with Crippen molar-refractivity contribution in [3.63, 3.8) is 0 Å². The number of nitrogens with zero attached hydrogens (tertiary/aromatic N) is 3. The van der Waals surface area contributed by atoms with Crippen molar-refractivity contribution in [2.75, 3.05) is 52.4 Å². The Hall–Kier alpha value is -0.610. The van der Waals surface area contributed by atoms with Crippen LogP contribution in [0.5, 0.6) is 0 Å². The first-order valence-electron chi connectivity index (χ1n) is 27.8. The minimum absolute atomic E-state index is 0.428. The molecule has 0 aliphatic carbocycles. The Morgan fingerprint density at radius 3 is 1.15 bits per heavy atom. The lowest BCUT2D eigenvalue weighted by atomic mass is 9.91. The summed E-state index contributed by atoms with van der Waals surface area (Å²) >= 11 is 0. The molecule has 0 saturated carbocycles. The number of amides is 1. The minimum Gasteiger partial charge on any atom is -0.341 e. The number of unbranched alkanes of at least 4 members (excludes halogenated alkanes) is 30. The van der Waals surface area contributed by atoms with E-state index >= 15 is 0 Å². The van der Waals surface area contributed by atoms with Gasteiger partial charge in [-0.15, -0.1) is 0 Å². The van der Waals surface area contributed by atoms with Crippen LogP contribution < -0.4 is 0 Å². The van der Waals surface area contributed by atoms with Gasteiger partial charge < -0.3 is 9.80 Å². The van der Waals surface area contributed by atoms with Gasteiger partial charge in [-0.3, -0.25) is 9.69 Å². The van der Waals surface area contributed by atoms with Gasteiger partial charge in [-0.05, 0) is 70.1 Å². The first kappa shape index (κ1) is 56.4. The van der Waals surface area contributed by atoms with Crippen LogP contribution in [-0.4, -0.2) is 73.0 Å². The van der Waals surface area contributed by atoms with E-state index in [0.717, 1.165) is 32.1 Å². The van der Waals surface area contributed by atoms with Crippen molar-refractivity contribution in [3.05, 3.63) is 0 Å². The second-order valence-electron chi connectivity index (χ2n) is 19.9. The second kappa shape index (κ2) is 44.0. The highest BCUT2D eigenvalue weighted by Crippen LogP contribution is 2.24. The number of carbonyl (C=O) groups excluding carboxylic acids is 1. The first-order chi connectivity index (χ1) is 29.1. The summed E-state index contributed by atoms with van der Waals surface area (Å²) in [7, 11) is 0. The van der Waals surface area contributed by atoms with Crippen LogP contribution in [0.15, 0.2) is 0 Å². The largest absolute Gasteiger partial charge is 0.341 e. The van der Waals surface area contributed by atoms with Crippen LogP contribution in [0.3, 0.4) is 0 Å². The molecule has 0 bridgehead atoms. The lowest BCUT2D eigenvalue weighted by Gasteiger charge is -2.28. The molecule has 1 atom stereocenters. The number of rotatable bonds is 47. The Balaban J connectivity index is 2.78. The molecule has 1 unspecified atom stereocenters. The average Bonchev–Trinajstić information content (AvgIpc) is 3.72. The maximum atomic E-state index is 14.1. The maximum Gasteiger partial charge on any atom is 0.236 e. The van der Waals surface area contributed by atoms with E-state index < -0.39 is 0 Å². The van der Waals surface area contributed by atoms with Crippen LogP contribution in [0, 0.1) is 11.8 Å². The van der Waals surface area contributed by atoms with Crippen LogP contribution in [0.25, 0.3) is 0 Å². The van der Waals surface area contributed by atoms with E-state index in [-0.39, 0.29) is 0 Å². The summed E-state index contributed by atoms with van der Waals surface area (Å²) in [5, 5.41) is 0. The van der Waals surface area contributed by atoms with E-state index in [0.29, 0.717) is 18.4 Å². The fraction of sp³-hybridized carbons (Fsp3) is 0.982. The van der Waals surface area contributed by atoms with E-state index in [2.05, 4.69) is 49.3 Å². The van der Waals surface area contributed by atoms with Crippen LogP contribution in [0.2, 0.25) is 0 Å². The van der Waals surface area contributed by atoms with Crippen molar-refractivity contribution in [1.82, 2.24) is 14.7 Å². The van der Waals surface area contributed by atoms with Crippen molar-refractivity contribution in [1.29, 1.82) is 0 Å². The van der Waals surface area contributed by atoms with Gasteiger partial charge in [-0.1, -0.05) is 253 Å². The third-order valence-electron chi connectivity index (χ3n) is 14.0. The fourth-order valence-corrected chi connectivity index (χ4v) is 9.88. The van der Waals surface area contributed by atoms with Crippen LogP contribution in [0.1, 0.15) is 285 Å². The van der Waals surface area contributed by atoms with Crippen molar-refractivity contribution in [2.45, 2.75) is 285 Å². The Kier molecular flexibility index (Phi) is 42.1. The van der Waals surface area contributed by atoms with Gasteiger partial charge in [0.05, 0.1) is 6.54 Å². The van der Waals surface area contributed by atoms with Crippen LogP contribution >= 0.6 is 0 Å². The van der Waals surface area contributed by atoms with Crippen LogP contribution in [-0.2, 0) is 4.79 Å². The summed E-state index contributed by atoms with van der Waals surface area (Å²) < 4.78 is 0. The number of carbonyl (C=O) groups is 1. The molecule has 1 aliphatic rings. The lowest BCUT2D eigenvalue weighted by Crippen LogP contribution is -2.41. The summed E-state index contributed by atoms with van der Waals surface area (Å²) in [6.07, 6.45) is 53.9. The molecule has 0 N–H and O–H groups in total. The fourth-order valence-electron chi connectivity index (χ4n) is 9.88. The summed E-state index contributed by atoms with van der Waals surface area (Å²) in [5.41, 5.74) is 0. The zero-order chi connectivity index (χ0) is 42.7. The monoisotopic (exact) mass is 830 g/mol. The summed E-state index contributed by atoms with van der Waals surface area (Å²) in [6, 6.07) is 0. The van der Waals surface area contributed by atoms with Gasteiger partial charge in [-0.2, -0.15) is 0 Å². The smallest absolute Gasteiger partial charge is 0.236 e. The Bertz CT molecular complexity index is 812. The Labute approximate surface area is 373 Å². The topological polar surface area (TPSA) is 26.8 Å². The van der Waals surface area contributed by atoms with Crippen molar-refractivity contribution in [3.8, 4) is 0 Å². The molecular formula is C55H111N3O. The molecule has 4 nitrogen and oxygen atoms in total. The molecule has 0 aromatic carbocycles. The zero-order valence-electron chi connectivity index (χ0n) is 41.6. The normalized spacial score (nSPS) is 14.6. The number of hydrogen-bond acceptors (Lipinski definition) is 3. The molecule has 0 spiro atoms. The van der Waals surface area contributed by atoms with Crippen molar-refractivity contribution >= 4 is 5.91 Å². The summed E-state index contributed by atoms with van der Waals surface area (Å²) in [4.78, 5) is 21.8. The second-order valence-corrected chi connectivity index (χ2v) is 19.9. The summed E-state index contributed by atoms with van der Waals surface area (Å²) in [6.45, 7) is 20.2. The van der Waals surface area contributed by atoms with Crippen LogP contribution in [0.4, 0.5) is 0 Å². The van der Waals surface area contributed by atoms with Gasteiger partial charge in [0.25, 0.3) is 0 Å². The molecule has 1 amide bonds. The van der Waals surface area contributed by atoms with Gasteiger partial charge in [0.15, 0.2) is 0 Å². The molecule has 1 fully saturated rings. The van der Waals surface area contributed by atoms with E-state index in [9.17, 15) is 4.79 Å². The molecule has 0 aromatic heterocycles. The zero-order valence-corrected chi connectivity index (χ0v) is 41.6. The predicted molar refractivity (Wildman–Crippen MR) is 265 cm³/mol. The predicted octanol–water partition coefficient (Wildman–Crippen LogP) is 17.0. The molecular weight excluding hydrogens is 719 g/mol. The van der Waals surface area contributed by atoms with Gasteiger partial charge in [0.1, 0.15) is 0 Å². The van der Waals surface area contributed by atoms with E-state index in [1.807, 2.05) is 0 Å². The molecule has 1 heterocycles. The molecule has 4 heteroatoms. The molecule has 0 aromatic rings. The molecule has 0 radical (unpaired) electrons. The van der Waals surface area contributed by atoms with Gasteiger partial charge in [0.2, 0.25) is 5.91 Å². The molecule has 59 heavy (non-hydrogen) atoms. The third kappa shape index (κ3) is 35.5. The van der Waals surface area contributed by atoms with E-state index in [1.54, 1.807) is 0 Å². The minimum atomic E-state index is 0.428. The quantitative estimate of drug-likeness (QED) is 0.0572. The third-order valence-corrected chi connectivity index (χ3v) is 14.0. The standard InChI is InChI=1S/C55H111N3O/c1-6-11-16-21-26-31-36-41-53(42-37-32-27-22-17-12-7-2)43-48-57(47-40-35-30-25-20-15-10-5)52-55(59)58-49-44-54(51-58)50-56(45-38-33-28-23-18-13-8-3)46-39-34-29-24-19-14-9-4/h53-54H,6-52H2,1-5H3. The summed E-state index contributed by atoms with van der Waals surface area (Å²) in [5.74, 6) is 1.91. The first-order valence-corrected chi connectivity index (χ1v) is 27.8. The molecule has 1 saturated heterocycles. The van der Waals surface area contributed by atoms with Gasteiger partial charge in [-0.25, -0.2) is 0 Å². The molecule has 1 rings (SSSR count). The highest BCUT2D eigenvalue weighted by atomic mass is 16.2. The van der Waals surface area contributed by atoms with Gasteiger partial charge in [0, 0.05) is 19.6 Å². The highest BCUT2D eigenvalue weighted by molar-refractivity contribution is 5.78. The van der Waals surface area contributed by atoms with Crippen molar-refractivity contribution < 1.29 is 4.79 Å². The number of likely N-dealkylation sites (tertiary alicyclic amines) is 1. The molecule has 1 aliphatic heterocycles. The van der Waals surface area contributed by atoms with Gasteiger partial charge >= 0.3 is 0 Å². The van der Waals surface area contributed by atoms with Crippen molar-refractivity contribution in [2.24, 2.45) is 11.8 Å². The maximum absolute atomic E-state index is 14.1.